The lowest BCUT2D eigenvalue weighted by Gasteiger charge is -2.31. The number of carbonyl (C=O) groups excluding carboxylic acids is 1. The summed E-state index contributed by atoms with van der Waals surface area (Å²) in [4.78, 5) is 19.4. The molecule has 0 radical (unpaired) electrons. The van der Waals surface area contributed by atoms with Crippen LogP contribution in [0.2, 0.25) is 0 Å². The zero-order valence-corrected chi connectivity index (χ0v) is 14.0. The summed E-state index contributed by atoms with van der Waals surface area (Å²) in [6.07, 6.45) is 5.45. The molecule has 0 spiro atoms. The molecule has 22 heavy (non-hydrogen) atoms. The van der Waals surface area contributed by atoms with E-state index in [0.717, 1.165) is 35.1 Å². The summed E-state index contributed by atoms with van der Waals surface area (Å²) in [6.45, 7) is 6.43. The van der Waals surface area contributed by atoms with Crippen molar-refractivity contribution in [3.05, 3.63) is 40.3 Å². The quantitative estimate of drug-likeness (QED) is 0.775. The van der Waals surface area contributed by atoms with Gasteiger partial charge in [0.15, 0.2) is 5.17 Å². The molecule has 0 N–H and O–H groups in total. The summed E-state index contributed by atoms with van der Waals surface area (Å²) >= 11 is 1.52. The van der Waals surface area contributed by atoms with E-state index in [-0.39, 0.29) is 5.91 Å². The third-order valence-electron chi connectivity index (χ3n) is 4.22. The molecule has 4 heteroatoms. The molecule has 1 unspecified atom stereocenters. The first-order chi connectivity index (χ1) is 10.7. The Bertz CT molecular complexity index is 618. The van der Waals surface area contributed by atoms with Crippen molar-refractivity contribution in [3.8, 4) is 0 Å². The minimum Gasteiger partial charge on any atom is -0.351 e. The van der Waals surface area contributed by atoms with E-state index >= 15 is 0 Å². The number of likely N-dealkylation sites (tertiary alicyclic amines) is 1. The lowest BCUT2D eigenvalue weighted by Crippen LogP contribution is -2.37. The summed E-state index contributed by atoms with van der Waals surface area (Å²) in [5.41, 5.74) is 2.38. The van der Waals surface area contributed by atoms with Gasteiger partial charge in [-0.2, -0.15) is 4.99 Å². The van der Waals surface area contributed by atoms with Gasteiger partial charge in [-0.1, -0.05) is 38.1 Å². The van der Waals surface area contributed by atoms with Gasteiger partial charge in [-0.3, -0.25) is 4.79 Å². The molecule has 1 amide bonds. The van der Waals surface area contributed by atoms with Gasteiger partial charge in [-0.15, -0.1) is 0 Å². The van der Waals surface area contributed by atoms with E-state index < -0.39 is 0 Å². The van der Waals surface area contributed by atoms with Crippen molar-refractivity contribution in [1.29, 1.82) is 0 Å². The molecule has 1 aromatic rings. The lowest BCUT2D eigenvalue weighted by molar-refractivity contribution is -0.113. The van der Waals surface area contributed by atoms with Gasteiger partial charge in [0.05, 0.1) is 4.91 Å². The molecule has 1 aromatic carbocycles. The molecule has 1 saturated heterocycles. The Labute approximate surface area is 136 Å². The maximum Gasteiger partial charge on any atom is 0.286 e. The molecule has 0 saturated carbocycles. The molecule has 3 rings (SSSR count). The summed E-state index contributed by atoms with van der Waals surface area (Å²) in [5.74, 6) is 0.583. The van der Waals surface area contributed by atoms with Crippen LogP contribution in [-0.4, -0.2) is 29.1 Å². The highest BCUT2D eigenvalue weighted by Gasteiger charge is 2.28. The number of hydrogen-bond donors (Lipinski definition) is 0. The van der Waals surface area contributed by atoms with Crippen LogP contribution in [0.3, 0.4) is 0 Å². The summed E-state index contributed by atoms with van der Waals surface area (Å²) in [7, 11) is 0. The van der Waals surface area contributed by atoms with Crippen molar-refractivity contribution in [2.24, 2.45) is 10.9 Å². The molecule has 2 heterocycles. The standard InChI is InChI=1S/C18H22N2OS/c1-3-14-6-8-15(9-7-14)11-16-17(21)19-18(22-16)20-10-4-5-13(2)12-20/h6-9,11,13H,3-5,10,12H2,1-2H3. The van der Waals surface area contributed by atoms with E-state index in [0.29, 0.717) is 5.92 Å². The van der Waals surface area contributed by atoms with Crippen LogP contribution in [0, 0.1) is 5.92 Å². The zero-order valence-electron chi connectivity index (χ0n) is 13.2. The monoisotopic (exact) mass is 314 g/mol. The number of thioether (sulfide) groups is 1. The van der Waals surface area contributed by atoms with E-state index in [9.17, 15) is 4.79 Å². The molecular formula is C18H22N2OS. The maximum absolute atomic E-state index is 12.1. The van der Waals surface area contributed by atoms with Crippen LogP contribution in [0.15, 0.2) is 34.2 Å². The number of carbonyl (C=O) groups is 1. The van der Waals surface area contributed by atoms with Crippen molar-refractivity contribution in [1.82, 2.24) is 4.90 Å². The molecular weight excluding hydrogens is 292 g/mol. The summed E-state index contributed by atoms with van der Waals surface area (Å²) in [6, 6.07) is 8.37. The number of rotatable bonds is 2. The van der Waals surface area contributed by atoms with Crippen LogP contribution in [0.1, 0.15) is 37.8 Å². The fourth-order valence-electron chi connectivity index (χ4n) is 2.90. The Morgan fingerprint density at radius 3 is 2.82 bits per heavy atom. The molecule has 2 aliphatic rings. The second-order valence-electron chi connectivity index (χ2n) is 6.10. The van der Waals surface area contributed by atoms with Crippen LogP contribution in [0.5, 0.6) is 0 Å². The smallest absolute Gasteiger partial charge is 0.286 e. The number of aliphatic imine (C=N–C) groups is 1. The second-order valence-corrected chi connectivity index (χ2v) is 7.11. The topological polar surface area (TPSA) is 32.7 Å². The van der Waals surface area contributed by atoms with Crippen molar-refractivity contribution >= 4 is 28.9 Å². The number of benzene rings is 1. The highest BCUT2D eigenvalue weighted by atomic mass is 32.2. The van der Waals surface area contributed by atoms with E-state index in [2.05, 4.69) is 48.0 Å². The molecule has 0 bridgehead atoms. The summed E-state index contributed by atoms with van der Waals surface area (Å²) < 4.78 is 0. The third kappa shape index (κ3) is 3.43. The largest absolute Gasteiger partial charge is 0.351 e. The number of amides is 1. The van der Waals surface area contributed by atoms with Crippen molar-refractivity contribution in [2.75, 3.05) is 13.1 Å². The van der Waals surface area contributed by atoms with Crippen molar-refractivity contribution < 1.29 is 4.79 Å². The van der Waals surface area contributed by atoms with E-state index in [4.69, 9.17) is 0 Å². The SMILES string of the molecule is CCc1ccc(C=C2SC(N3CCCC(C)C3)=NC2=O)cc1. The highest BCUT2D eigenvalue weighted by Crippen LogP contribution is 2.32. The number of nitrogens with zero attached hydrogens (tertiary/aromatic N) is 2. The van der Waals surface area contributed by atoms with E-state index in [1.807, 2.05) is 6.08 Å². The predicted octanol–water partition coefficient (Wildman–Crippen LogP) is 3.95. The molecule has 0 aromatic heterocycles. The van der Waals surface area contributed by atoms with Crippen LogP contribution in [-0.2, 0) is 11.2 Å². The van der Waals surface area contributed by atoms with E-state index in [1.54, 1.807) is 0 Å². The average molecular weight is 314 g/mol. The average Bonchev–Trinajstić information content (AvgIpc) is 2.89. The summed E-state index contributed by atoms with van der Waals surface area (Å²) in [5, 5.41) is 0.882. The number of piperidine rings is 1. The van der Waals surface area contributed by atoms with Gasteiger partial charge in [0.2, 0.25) is 0 Å². The number of aryl methyl sites for hydroxylation is 1. The first-order valence-corrected chi connectivity index (χ1v) is 8.84. The van der Waals surface area contributed by atoms with Gasteiger partial charge in [0.25, 0.3) is 5.91 Å². The van der Waals surface area contributed by atoms with Crippen molar-refractivity contribution in [2.45, 2.75) is 33.1 Å². The van der Waals surface area contributed by atoms with Gasteiger partial charge in [0.1, 0.15) is 0 Å². The first-order valence-electron chi connectivity index (χ1n) is 8.02. The molecule has 116 valence electrons. The van der Waals surface area contributed by atoms with Crippen LogP contribution < -0.4 is 0 Å². The number of hydrogen-bond acceptors (Lipinski definition) is 3. The van der Waals surface area contributed by atoms with Gasteiger partial charge >= 0.3 is 0 Å². The second kappa shape index (κ2) is 6.69. The van der Waals surface area contributed by atoms with Crippen LogP contribution in [0.4, 0.5) is 0 Å². The molecule has 1 atom stereocenters. The number of amidine groups is 1. The van der Waals surface area contributed by atoms with Gasteiger partial charge in [-0.25, -0.2) is 0 Å². The molecule has 2 aliphatic heterocycles. The van der Waals surface area contributed by atoms with Gasteiger partial charge in [-0.05, 0) is 54.1 Å². The first kappa shape index (κ1) is 15.3. The van der Waals surface area contributed by atoms with Gasteiger partial charge in [0, 0.05) is 13.1 Å². The van der Waals surface area contributed by atoms with Crippen molar-refractivity contribution in [3.63, 3.8) is 0 Å². The predicted molar refractivity (Wildman–Crippen MR) is 93.8 cm³/mol. The van der Waals surface area contributed by atoms with Crippen LogP contribution >= 0.6 is 11.8 Å². The zero-order chi connectivity index (χ0) is 15.5. The van der Waals surface area contributed by atoms with E-state index in [1.165, 1.54) is 30.2 Å². The van der Waals surface area contributed by atoms with Crippen LogP contribution in [0.25, 0.3) is 6.08 Å². The molecule has 0 aliphatic carbocycles. The minimum atomic E-state index is -0.0993. The lowest BCUT2D eigenvalue weighted by atomic mass is 10.0. The maximum atomic E-state index is 12.1. The Morgan fingerprint density at radius 2 is 2.14 bits per heavy atom. The van der Waals surface area contributed by atoms with Gasteiger partial charge < -0.3 is 4.90 Å². The fraction of sp³-hybridized carbons (Fsp3) is 0.444. The Hall–Kier alpha value is -1.55. The Kier molecular flexibility index (Phi) is 4.67. The fourth-order valence-corrected chi connectivity index (χ4v) is 3.85. The Morgan fingerprint density at radius 1 is 1.36 bits per heavy atom. The minimum absolute atomic E-state index is 0.0993. The molecule has 3 nitrogen and oxygen atoms in total. The third-order valence-corrected chi connectivity index (χ3v) is 5.27. The normalized spacial score (nSPS) is 24.0. The highest BCUT2D eigenvalue weighted by molar-refractivity contribution is 8.18. The molecule has 1 fully saturated rings. The Balaban J connectivity index is 1.72.